The lowest BCUT2D eigenvalue weighted by molar-refractivity contribution is -0.119. The highest BCUT2D eigenvalue weighted by molar-refractivity contribution is 5.73. The molecular weight excluding hydrogens is 254 g/mol. The highest BCUT2D eigenvalue weighted by atomic mass is 16.3. The molecule has 1 aromatic heterocycles. The first-order valence-corrected chi connectivity index (χ1v) is 6.62. The van der Waals surface area contributed by atoms with E-state index in [0.717, 1.165) is 16.8 Å². The van der Waals surface area contributed by atoms with E-state index in [2.05, 4.69) is 10.4 Å². The Morgan fingerprint density at radius 2 is 2.10 bits per heavy atom. The van der Waals surface area contributed by atoms with Crippen molar-refractivity contribution in [3.8, 4) is 5.69 Å². The van der Waals surface area contributed by atoms with Crippen LogP contribution in [0.3, 0.4) is 0 Å². The molecule has 2 aromatic rings. The molecule has 0 aliphatic heterocycles. The molecule has 0 spiro atoms. The summed E-state index contributed by atoms with van der Waals surface area (Å²) in [7, 11) is 0. The van der Waals surface area contributed by atoms with Gasteiger partial charge in [0.1, 0.15) is 0 Å². The minimum absolute atomic E-state index is 0.0101. The van der Waals surface area contributed by atoms with E-state index >= 15 is 0 Å². The third-order valence-corrected chi connectivity index (χ3v) is 3.11. The van der Waals surface area contributed by atoms with Crippen molar-refractivity contribution in [3.63, 3.8) is 0 Å². The Morgan fingerprint density at radius 1 is 1.40 bits per heavy atom. The molecule has 20 heavy (non-hydrogen) atoms. The first kappa shape index (κ1) is 14.3. The van der Waals surface area contributed by atoms with Crippen molar-refractivity contribution in [2.24, 2.45) is 0 Å². The maximum absolute atomic E-state index is 11.0. The molecule has 0 fully saturated rings. The SMILES string of the molecule is CC(=O)NC(C)c1ccc(-n2cc(CCO)cn2)cc1. The van der Waals surface area contributed by atoms with Gasteiger partial charge in [0.25, 0.3) is 0 Å². The normalized spacial score (nSPS) is 12.2. The number of hydrogen-bond donors (Lipinski definition) is 2. The Kier molecular flexibility index (Phi) is 4.53. The summed E-state index contributed by atoms with van der Waals surface area (Å²) in [5, 5.41) is 16.0. The molecule has 5 nitrogen and oxygen atoms in total. The van der Waals surface area contributed by atoms with Crippen LogP contribution >= 0.6 is 0 Å². The zero-order valence-corrected chi connectivity index (χ0v) is 11.7. The molecule has 0 saturated carbocycles. The Bertz CT molecular complexity index is 575. The van der Waals surface area contributed by atoms with Gasteiger partial charge in [0, 0.05) is 19.7 Å². The summed E-state index contributed by atoms with van der Waals surface area (Å²) in [6.07, 6.45) is 4.27. The lowest BCUT2D eigenvalue weighted by atomic mass is 10.1. The molecule has 0 aliphatic rings. The van der Waals surface area contributed by atoms with Crippen LogP contribution in [0.1, 0.15) is 31.0 Å². The molecule has 106 valence electrons. The molecule has 1 atom stereocenters. The smallest absolute Gasteiger partial charge is 0.217 e. The van der Waals surface area contributed by atoms with Gasteiger partial charge in [0.05, 0.1) is 17.9 Å². The summed E-state index contributed by atoms with van der Waals surface area (Å²) < 4.78 is 1.78. The average Bonchev–Trinajstić information content (AvgIpc) is 2.87. The van der Waals surface area contributed by atoms with Gasteiger partial charge in [-0.05, 0) is 36.6 Å². The van der Waals surface area contributed by atoms with Crippen LogP contribution in [0.4, 0.5) is 0 Å². The molecule has 1 heterocycles. The van der Waals surface area contributed by atoms with E-state index in [1.54, 1.807) is 10.9 Å². The molecule has 1 aromatic carbocycles. The largest absolute Gasteiger partial charge is 0.396 e. The summed E-state index contributed by atoms with van der Waals surface area (Å²) >= 11 is 0. The number of aliphatic hydroxyl groups excluding tert-OH is 1. The zero-order chi connectivity index (χ0) is 14.5. The third-order valence-electron chi connectivity index (χ3n) is 3.11. The van der Waals surface area contributed by atoms with Gasteiger partial charge in [-0.1, -0.05) is 12.1 Å². The van der Waals surface area contributed by atoms with E-state index in [1.807, 2.05) is 37.4 Å². The van der Waals surface area contributed by atoms with Gasteiger partial charge in [-0.25, -0.2) is 4.68 Å². The van der Waals surface area contributed by atoms with Crippen LogP contribution in [0, 0.1) is 0 Å². The summed E-state index contributed by atoms with van der Waals surface area (Å²) in [6, 6.07) is 7.86. The molecule has 0 radical (unpaired) electrons. The van der Waals surface area contributed by atoms with Gasteiger partial charge in [-0.3, -0.25) is 4.79 Å². The predicted octanol–water partition coefficient (Wildman–Crippen LogP) is 1.60. The number of rotatable bonds is 5. The number of aliphatic hydroxyl groups is 1. The van der Waals surface area contributed by atoms with Crippen LogP contribution in [0.5, 0.6) is 0 Å². The predicted molar refractivity (Wildman–Crippen MR) is 76.6 cm³/mol. The molecule has 1 unspecified atom stereocenters. The van der Waals surface area contributed by atoms with Crippen LogP contribution in [0.2, 0.25) is 0 Å². The van der Waals surface area contributed by atoms with Crippen molar-refractivity contribution in [2.45, 2.75) is 26.3 Å². The second-order valence-corrected chi connectivity index (χ2v) is 4.78. The number of carbonyl (C=O) groups is 1. The monoisotopic (exact) mass is 273 g/mol. The molecular formula is C15H19N3O2. The van der Waals surface area contributed by atoms with Gasteiger partial charge in [-0.15, -0.1) is 0 Å². The highest BCUT2D eigenvalue weighted by Gasteiger charge is 2.07. The van der Waals surface area contributed by atoms with Gasteiger partial charge in [0.2, 0.25) is 5.91 Å². The Morgan fingerprint density at radius 3 is 2.70 bits per heavy atom. The number of benzene rings is 1. The van der Waals surface area contributed by atoms with Crippen molar-refractivity contribution in [1.29, 1.82) is 0 Å². The fourth-order valence-electron chi connectivity index (χ4n) is 2.06. The van der Waals surface area contributed by atoms with Crippen LogP contribution in [0.25, 0.3) is 5.69 Å². The van der Waals surface area contributed by atoms with Crippen molar-refractivity contribution in [2.75, 3.05) is 6.61 Å². The number of nitrogens with one attached hydrogen (secondary N) is 1. The maximum atomic E-state index is 11.0. The van der Waals surface area contributed by atoms with Crippen molar-refractivity contribution in [3.05, 3.63) is 47.8 Å². The van der Waals surface area contributed by atoms with E-state index in [0.29, 0.717) is 6.42 Å². The second-order valence-electron chi connectivity index (χ2n) is 4.78. The highest BCUT2D eigenvalue weighted by Crippen LogP contribution is 2.15. The minimum atomic E-state index is -0.0395. The summed E-state index contributed by atoms with van der Waals surface area (Å²) in [5.74, 6) is -0.0395. The summed E-state index contributed by atoms with van der Waals surface area (Å²) in [6.45, 7) is 3.58. The van der Waals surface area contributed by atoms with Crippen LogP contribution in [0.15, 0.2) is 36.7 Å². The minimum Gasteiger partial charge on any atom is -0.396 e. The van der Waals surface area contributed by atoms with Crippen LogP contribution in [-0.4, -0.2) is 27.4 Å². The molecule has 5 heteroatoms. The van der Waals surface area contributed by atoms with Crippen LogP contribution < -0.4 is 5.32 Å². The van der Waals surface area contributed by atoms with Crippen molar-refractivity contribution in [1.82, 2.24) is 15.1 Å². The third kappa shape index (κ3) is 3.45. The van der Waals surface area contributed by atoms with Gasteiger partial charge in [-0.2, -0.15) is 5.10 Å². The number of carbonyl (C=O) groups excluding carboxylic acids is 1. The standard InChI is InChI=1S/C15H19N3O2/c1-11(17-12(2)20)14-3-5-15(6-4-14)18-10-13(7-8-19)9-16-18/h3-6,9-11,19H,7-8H2,1-2H3,(H,17,20). The van der Waals surface area contributed by atoms with E-state index < -0.39 is 0 Å². The van der Waals surface area contributed by atoms with Crippen molar-refractivity contribution < 1.29 is 9.90 Å². The lowest BCUT2D eigenvalue weighted by Crippen LogP contribution is -2.23. The van der Waals surface area contributed by atoms with E-state index in [1.165, 1.54) is 6.92 Å². The summed E-state index contributed by atoms with van der Waals surface area (Å²) in [4.78, 5) is 11.0. The van der Waals surface area contributed by atoms with Gasteiger partial charge < -0.3 is 10.4 Å². The molecule has 2 N–H and O–H groups in total. The molecule has 0 saturated heterocycles. The van der Waals surface area contributed by atoms with E-state index in [9.17, 15) is 4.79 Å². The summed E-state index contributed by atoms with van der Waals surface area (Å²) in [5.41, 5.74) is 3.00. The van der Waals surface area contributed by atoms with E-state index in [4.69, 9.17) is 5.11 Å². The molecule has 0 bridgehead atoms. The molecule has 1 amide bonds. The second kappa shape index (κ2) is 6.34. The van der Waals surface area contributed by atoms with E-state index in [-0.39, 0.29) is 18.6 Å². The fraction of sp³-hybridized carbons (Fsp3) is 0.333. The quantitative estimate of drug-likeness (QED) is 0.869. The van der Waals surface area contributed by atoms with Crippen molar-refractivity contribution >= 4 is 5.91 Å². The van der Waals surface area contributed by atoms with Gasteiger partial charge >= 0.3 is 0 Å². The first-order valence-electron chi connectivity index (χ1n) is 6.62. The molecule has 0 aliphatic carbocycles. The Hall–Kier alpha value is -2.14. The van der Waals surface area contributed by atoms with Gasteiger partial charge in [0.15, 0.2) is 0 Å². The first-order chi connectivity index (χ1) is 9.60. The number of hydrogen-bond acceptors (Lipinski definition) is 3. The molecule has 2 rings (SSSR count). The maximum Gasteiger partial charge on any atom is 0.217 e. The Labute approximate surface area is 118 Å². The fourth-order valence-corrected chi connectivity index (χ4v) is 2.06. The number of nitrogens with zero attached hydrogens (tertiary/aromatic N) is 2. The lowest BCUT2D eigenvalue weighted by Gasteiger charge is -2.13. The van der Waals surface area contributed by atoms with Crippen LogP contribution in [-0.2, 0) is 11.2 Å². The number of amides is 1. The topological polar surface area (TPSA) is 67.2 Å². The average molecular weight is 273 g/mol. The Balaban J connectivity index is 2.12. The zero-order valence-electron chi connectivity index (χ0n) is 11.7. The number of aromatic nitrogens is 2.